The van der Waals surface area contributed by atoms with Gasteiger partial charge < -0.3 is 15.7 Å². The van der Waals surface area contributed by atoms with Gasteiger partial charge in [-0.2, -0.15) is 4.98 Å². The number of hydrogen-bond donors (Lipinski definition) is 2. The Balaban J connectivity index is 2.12. The fourth-order valence-electron chi connectivity index (χ4n) is 2.17. The Morgan fingerprint density at radius 3 is 2.69 bits per heavy atom. The summed E-state index contributed by atoms with van der Waals surface area (Å²) in [5.74, 6) is 0.422. The molecular formula is C11H18N4O. The van der Waals surface area contributed by atoms with Crippen LogP contribution in [0.3, 0.4) is 0 Å². The molecule has 0 atom stereocenters. The molecule has 0 aliphatic heterocycles. The number of nitrogens with zero attached hydrogens (tertiary/aromatic N) is 3. The van der Waals surface area contributed by atoms with E-state index >= 15 is 0 Å². The van der Waals surface area contributed by atoms with Crippen molar-refractivity contribution in [2.24, 2.45) is 0 Å². The minimum Gasteiger partial charge on any atom is -0.492 e. The zero-order chi connectivity index (χ0) is 11.5. The molecule has 0 radical (unpaired) electrons. The average Bonchev–Trinajstić information content (AvgIpc) is 2.33. The monoisotopic (exact) mass is 222 g/mol. The van der Waals surface area contributed by atoms with Crippen molar-refractivity contribution in [3.8, 4) is 5.88 Å². The molecule has 5 nitrogen and oxygen atoms in total. The molecule has 0 saturated heterocycles. The molecule has 1 fully saturated rings. The number of nitrogens with two attached hydrogens (primary N) is 1. The SMILES string of the molecule is CN(c1ncc(N)c(O)n1)C1CCCCC1. The standard InChI is InChI=1S/C11H18N4O/c1-15(8-5-3-2-4-6-8)11-13-7-9(12)10(16)14-11/h7-8H,2-6,12H2,1H3,(H,13,14,16). The smallest absolute Gasteiger partial charge is 0.239 e. The highest BCUT2D eigenvalue weighted by molar-refractivity contribution is 5.48. The summed E-state index contributed by atoms with van der Waals surface area (Å²) < 4.78 is 0. The Labute approximate surface area is 95.3 Å². The van der Waals surface area contributed by atoms with Gasteiger partial charge in [0.05, 0.1) is 6.20 Å². The molecule has 0 amide bonds. The van der Waals surface area contributed by atoms with Crippen LogP contribution >= 0.6 is 0 Å². The van der Waals surface area contributed by atoms with Crippen LogP contribution in [0, 0.1) is 0 Å². The van der Waals surface area contributed by atoms with E-state index in [4.69, 9.17) is 5.73 Å². The van der Waals surface area contributed by atoms with E-state index < -0.39 is 0 Å². The van der Waals surface area contributed by atoms with E-state index in [1.807, 2.05) is 11.9 Å². The van der Waals surface area contributed by atoms with E-state index in [1.165, 1.54) is 38.3 Å². The van der Waals surface area contributed by atoms with Crippen molar-refractivity contribution in [2.45, 2.75) is 38.1 Å². The molecular weight excluding hydrogens is 204 g/mol. The maximum Gasteiger partial charge on any atom is 0.239 e. The van der Waals surface area contributed by atoms with E-state index in [-0.39, 0.29) is 11.6 Å². The second-order valence-corrected chi connectivity index (χ2v) is 4.35. The van der Waals surface area contributed by atoms with Gasteiger partial charge in [-0.05, 0) is 12.8 Å². The first kappa shape index (κ1) is 11.0. The third-order valence-electron chi connectivity index (χ3n) is 3.22. The van der Waals surface area contributed by atoms with Crippen LogP contribution in [0.15, 0.2) is 6.20 Å². The van der Waals surface area contributed by atoms with Crippen molar-refractivity contribution >= 4 is 11.6 Å². The topological polar surface area (TPSA) is 75.3 Å². The summed E-state index contributed by atoms with van der Waals surface area (Å²) in [5.41, 5.74) is 5.70. The zero-order valence-corrected chi connectivity index (χ0v) is 9.56. The molecule has 1 aliphatic rings. The number of anilines is 2. The van der Waals surface area contributed by atoms with E-state index in [9.17, 15) is 5.11 Å². The maximum absolute atomic E-state index is 9.44. The number of aromatic nitrogens is 2. The predicted molar refractivity (Wildman–Crippen MR) is 63.4 cm³/mol. The van der Waals surface area contributed by atoms with Crippen LogP contribution in [0.25, 0.3) is 0 Å². The van der Waals surface area contributed by atoms with Crippen LogP contribution < -0.4 is 10.6 Å². The summed E-state index contributed by atoms with van der Waals surface area (Å²) in [4.78, 5) is 10.2. The molecule has 0 spiro atoms. The Morgan fingerprint density at radius 2 is 2.06 bits per heavy atom. The highest BCUT2D eigenvalue weighted by atomic mass is 16.3. The molecule has 0 aromatic carbocycles. The maximum atomic E-state index is 9.44. The fourth-order valence-corrected chi connectivity index (χ4v) is 2.17. The summed E-state index contributed by atoms with van der Waals surface area (Å²) in [6.07, 6.45) is 7.64. The summed E-state index contributed by atoms with van der Waals surface area (Å²) in [7, 11) is 1.97. The lowest BCUT2D eigenvalue weighted by atomic mass is 9.95. The van der Waals surface area contributed by atoms with Gasteiger partial charge in [-0.25, -0.2) is 4.98 Å². The van der Waals surface area contributed by atoms with Crippen LogP contribution in [0.1, 0.15) is 32.1 Å². The van der Waals surface area contributed by atoms with Crippen LogP contribution in [0.5, 0.6) is 5.88 Å². The number of nitrogen functional groups attached to an aromatic ring is 1. The van der Waals surface area contributed by atoms with E-state index in [1.54, 1.807) is 0 Å². The van der Waals surface area contributed by atoms with Crippen LogP contribution in [-0.4, -0.2) is 28.2 Å². The van der Waals surface area contributed by atoms with Gasteiger partial charge >= 0.3 is 0 Å². The highest BCUT2D eigenvalue weighted by Gasteiger charge is 2.20. The highest BCUT2D eigenvalue weighted by Crippen LogP contribution is 2.25. The minimum absolute atomic E-state index is 0.132. The lowest BCUT2D eigenvalue weighted by Gasteiger charge is -2.31. The first-order valence-electron chi connectivity index (χ1n) is 5.73. The molecule has 0 unspecified atom stereocenters. The number of rotatable bonds is 2. The van der Waals surface area contributed by atoms with E-state index in [2.05, 4.69) is 9.97 Å². The fraction of sp³-hybridized carbons (Fsp3) is 0.636. The van der Waals surface area contributed by atoms with Crippen molar-refractivity contribution in [1.29, 1.82) is 0 Å². The van der Waals surface area contributed by atoms with Crippen molar-refractivity contribution in [2.75, 3.05) is 17.7 Å². The lowest BCUT2D eigenvalue weighted by molar-refractivity contribution is 0.419. The van der Waals surface area contributed by atoms with E-state index in [0.717, 1.165) is 0 Å². The first-order valence-corrected chi connectivity index (χ1v) is 5.73. The molecule has 5 heteroatoms. The zero-order valence-electron chi connectivity index (χ0n) is 9.56. The van der Waals surface area contributed by atoms with Gasteiger partial charge in [0.15, 0.2) is 0 Å². The Morgan fingerprint density at radius 1 is 1.38 bits per heavy atom. The lowest BCUT2D eigenvalue weighted by Crippen LogP contribution is -2.34. The first-order chi connectivity index (χ1) is 7.68. The molecule has 2 rings (SSSR count). The van der Waals surface area contributed by atoms with Gasteiger partial charge in [-0.15, -0.1) is 0 Å². The Bertz CT molecular complexity index is 363. The van der Waals surface area contributed by atoms with Crippen LogP contribution in [-0.2, 0) is 0 Å². The largest absolute Gasteiger partial charge is 0.492 e. The van der Waals surface area contributed by atoms with Gasteiger partial charge in [0.1, 0.15) is 5.69 Å². The van der Waals surface area contributed by atoms with Gasteiger partial charge in [0.2, 0.25) is 11.8 Å². The predicted octanol–water partition coefficient (Wildman–Crippen LogP) is 1.53. The number of hydrogen-bond acceptors (Lipinski definition) is 5. The molecule has 0 bridgehead atoms. The van der Waals surface area contributed by atoms with Gasteiger partial charge in [-0.1, -0.05) is 19.3 Å². The Hall–Kier alpha value is -1.52. The van der Waals surface area contributed by atoms with Crippen molar-refractivity contribution in [3.63, 3.8) is 0 Å². The second-order valence-electron chi connectivity index (χ2n) is 4.35. The van der Waals surface area contributed by atoms with Gasteiger partial charge in [0, 0.05) is 13.1 Å². The molecule has 3 N–H and O–H groups in total. The summed E-state index contributed by atoms with van der Waals surface area (Å²) in [6, 6.07) is 0.483. The second kappa shape index (κ2) is 4.55. The molecule has 1 heterocycles. The van der Waals surface area contributed by atoms with Crippen molar-refractivity contribution < 1.29 is 5.11 Å². The number of aromatic hydroxyl groups is 1. The summed E-state index contributed by atoms with van der Waals surface area (Å²) in [6.45, 7) is 0. The van der Waals surface area contributed by atoms with Crippen LogP contribution in [0.2, 0.25) is 0 Å². The van der Waals surface area contributed by atoms with Crippen molar-refractivity contribution in [1.82, 2.24) is 9.97 Å². The van der Waals surface area contributed by atoms with Crippen molar-refractivity contribution in [3.05, 3.63) is 6.20 Å². The molecule has 16 heavy (non-hydrogen) atoms. The Kier molecular flexibility index (Phi) is 3.12. The average molecular weight is 222 g/mol. The molecule has 1 saturated carbocycles. The van der Waals surface area contributed by atoms with E-state index in [0.29, 0.717) is 12.0 Å². The molecule has 1 aromatic rings. The molecule has 1 aromatic heterocycles. The quantitative estimate of drug-likeness (QED) is 0.793. The normalized spacial score (nSPS) is 17.3. The van der Waals surface area contributed by atoms with Crippen LogP contribution in [0.4, 0.5) is 11.6 Å². The third-order valence-corrected chi connectivity index (χ3v) is 3.22. The summed E-state index contributed by atoms with van der Waals surface area (Å²) >= 11 is 0. The molecule has 88 valence electrons. The minimum atomic E-state index is -0.132. The summed E-state index contributed by atoms with van der Waals surface area (Å²) in [5, 5.41) is 9.44. The molecule has 1 aliphatic carbocycles. The van der Waals surface area contributed by atoms with Gasteiger partial charge in [0.25, 0.3) is 0 Å². The van der Waals surface area contributed by atoms with Gasteiger partial charge in [-0.3, -0.25) is 0 Å². The third kappa shape index (κ3) is 2.18.